The van der Waals surface area contributed by atoms with Gasteiger partial charge in [-0.3, -0.25) is 4.98 Å². The lowest BCUT2D eigenvalue weighted by molar-refractivity contribution is 0.282. The van der Waals surface area contributed by atoms with Crippen LogP contribution in [-0.4, -0.2) is 25.8 Å². The van der Waals surface area contributed by atoms with Crippen molar-refractivity contribution in [3.8, 4) is 5.75 Å². The van der Waals surface area contributed by atoms with Crippen LogP contribution in [0.15, 0.2) is 18.5 Å². The fourth-order valence-corrected chi connectivity index (χ4v) is 2.19. The van der Waals surface area contributed by atoms with E-state index in [1.165, 1.54) is 12.8 Å². The van der Waals surface area contributed by atoms with Crippen LogP contribution >= 0.6 is 0 Å². The minimum atomic E-state index is 0.412. The third-order valence-electron chi connectivity index (χ3n) is 3.56. The summed E-state index contributed by atoms with van der Waals surface area (Å²) in [5.74, 6) is 1.65. The number of nitrogens with zero attached hydrogens (tertiary/aromatic N) is 4. The molecule has 0 radical (unpaired) electrons. The van der Waals surface area contributed by atoms with Crippen LogP contribution in [0.5, 0.6) is 5.75 Å². The van der Waals surface area contributed by atoms with E-state index in [0.29, 0.717) is 12.6 Å². The van der Waals surface area contributed by atoms with Gasteiger partial charge in [-0.1, -0.05) is 0 Å². The SMILES string of the molecule is CCn1ncnc1COc1ccc(C)nc1CNC1CC1. The molecule has 0 aliphatic heterocycles. The van der Waals surface area contributed by atoms with Crippen LogP contribution in [0.25, 0.3) is 0 Å². The number of pyridine rings is 1. The first-order valence-electron chi connectivity index (χ1n) is 7.45. The Labute approximate surface area is 124 Å². The Bertz CT molecular complexity index is 606. The molecule has 2 heterocycles. The number of aryl methyl sites for hydroxylation is 2. The molecular formula is C15H21N5O. The third-order valence-corrected chi connectivity index (χ3v) is 3.56. The van der Waals surface area contributed by atoms with Crippen molar-refractivity contribution < 1.29 is 4.74 Å². The van der Waals surface area contributed by atoms with E-state index in [2.05, 4.69) is 20.4 Å². The molecule has 3 rings (SSSR count). The van der Waals surface area contributed by atoms with Crippen molar-refractivity contribution >= 4 is 0 Å². The molecule has 0 atom stereocenters. The zero-order valence-corrected chi connectivity index (χ0v) is 12.5. The van der Waals surface area contributed by atoms with Crippen LogP contribution in [0.4, 0.5) is 0 Å². The molecule has 0 saturated heterocycles. The number of hydrogen-bond acceptors (Lipinski definition) is 5. The van der Waals surface area contributed by atoms with Gasteiger partial charge in [-0.25, -0.2) is 9.67 Å². The van der Waals surface area contributed by atoms with E-state index in [1.807, 2.05) is 30.7 Å². The average molecular weight is 287 g/mol. The van der Waals surface area contributed by atoms with Crippen molar-refractivity contribution in [1.29, 1.82) is 0 Å². The lowest BCUT2D eigenvalue weighted by Gasteiger charge is -2.12. The van der Waals surface area contributed by atoms with Gasteiger partial charge in [0.1, 0.15) is 18.7 Å². The Balaban J connectivity index is 1.68. The zero-order valence-electron chi connectivity index (χ0n) is 12.5. The van der Waals surface area contributed by atoms with Crippen molar-refractivity contribution in [3.05, 3.63) is 35.7 Å². The van der Waals surface area contributed by atoms with Crippen LogP contribution in [0.3, 0.4) is 0 Å². The molecule has 6 heteroatoms. The predicted octanol–water partition coefficient (Wildman–Crippen LogP) is 1.83. The van der Waals surface area contributed by atoms with Gasteiger partial charge in [0.15, 0.2) is 5.82 Å². The fourth-order valence-electron chi connectivity index (χ4n) is 2.19. The molecule has 1 saturated carbocycles. The van der Waals surface area contributed by atoms with Gasteiger partial charge in [0.05, 0.1) is 5.69 Å². The monoisotopic (exact) mass is 287 g/mol. The normalized spacial score (nSPS) is 14.4. The van der Waals surface area contributed by atoms with E-state index in [-0.39, 0.29) is 0 Å². The minimum Gasteiger partial charge on any atom is -0.484 e. The second-order valence-electron chi connectivity index (χ2n) is 5.33. The molecule has 0 bridgehead atoms. The highest BCUT2D eigenvalue weighted by Crippen LogP contribution is 2.22. The topological polar surface area (TPSA) is 64.9 Å². The lowest BCUT2D eigenvalue weighted by Crippen LogP contribution is -2.17. The summed E-state index contributed by atoms with van der Waals surface area (Å²) >= 11 is 0. The second kappa shape index (κ2) is 6.22. The molecule has 1 fully saturated rings. The Morgan fingerprint density at radius 2 is 2.24 bits per heavy atom. The molecule has 1 aliphatic carbocycles. The van der Waals surface area contributed by atoms with Crippen LogP contribution in [0.2, 0.25) is 0 Å². The molecule has 0 aromatic carbocycles. The van der Waals surface area contributed by atoms with E-state index in [0.717, 1.165) is 36.1 Å². The molecule has 6 nitrogen and oxygen atoms in total. The summed E-state index contributed by atoms with van der Waals surface area (Å²) in [4.78, 5) is 8.81. The van der Waals surface area contributed by atoms with Gasteiger partial charge in [0.25, 0.3) is 0 Å². The molecule has 0 amide bonds. The smallest absolute Gasteiger partial charge is 0.164 e. The fraction of sp³-hybridized carbons (Fsp3) is 0.533. The highest BCUT2D eigenvalue weighted by molar-refractivity contribution is 5.29. The molecule has 112 valence electrons. The first kappa shape index (κ1) is 14.0. The van der Waals surface area contributed by atoms with E-state index in [9.17, 15) is 0 Å². The highest BCUT2D eigenvalue weighted by Gasteiger charge is 2.21. The van der Waals surface area contributed by atoms with Gasteiger partial charge >= 0.3 is 0 Å². The molecule has 2 aromatic rings. The van der Waals surface area contributed by atoms with Gasteiger partial charge < -0.3 is 10.1 Å². The molecule has 2 aromatic heterocycles. The average Bonchev–Trinajstić information content (AvgIpc) is 3.21. The quantitative estimate of drug-likeness (QED) is 0.841. The predicted molar refractivity (Wildman–Crippen MR) is 78.9 cm³/mol. The van der Waals surface area contributed by atoms with E-state index >= 15 is 0 Å². The summed E-state index contributed by atoms with van der Waals surface area (Å²) in [5.41, 5.74) is 1.97. The summed E-state index contributed by atoms with van der Waals surface area (Å²) in [6.07, 6.45) is 4.09. The van der Waals surface area contributed by atoms with Crippen LogP contribution < -0.4 is 10.1 Å². The van der Waals surface area contributed by atoms with Gasteiger partial charge in [-0.05, 0) is 38.8 Å². The van der Waals surface area contributed by atoms with Crippen molar-refractivity contribution in [2.24, 2.45) is 0 Å². The Kier molecular flexibility index (Phi) is 4.15. The van der Waals surface area contributed by atoms with Crippen LogP contribution in [-0.2, 0) is 19.7 Å². The third kappa shape index (κ3) is 3.58. The Morgan fingerprint density at radius 3 is 3.00 bits per heavy atom. The van der Waals surface area contributed by atoms with E-state index < -0.39 is 0 Å². The van der Waals surface area contributed by atoms with Gasteiger partial charge in [0, 0.05) is 24.8 Å². The molecule has 0 spiro atoms. The summed E-state index contributed by atoms with van der Waals surface area (Å²) in [6.45, 7) is 5.99. The summed E-state index contributed by atoms with van der Waals surface area (Å²) in [7, 11) is 0. The first-order valence-corrected chi connectivity index (χ1v) is 7.45. The molecule has 1 aliphatic rings. The Morgan fingerprint density at radius 1 is 1.38 bits per heavy atom. The second-order valence-corrected chi connectivity index (χ2v) is 5.33. The lowest BCUT2D eigenvalue weighted by atomic mass is 10.3. The number of aromatic nitrogens is 4. The standard InChI is InChI=1S/C15H21N5O/c1-3-20-15(17-10-18-20)9-21-14-7-4-11(2)19-13(14)8-16-12-5-6-12/h4,7,10,12,16H,3,5-6,8-9H2,1-2H3. The summed E-state index contributed by atoms with van der Waals surface area (Å²) in [6, 6.07) is 4.61. The first-order chi connectivity index (χ1) is 10.3. The zero-order chi connectivity index (χ0) is 14.7. The van der Waals surface area contributed by atoms with Crippen molar-refractivity contribution in [2.45, 2.75) is 52.4 Å². The van der Waals surface area contributed by atoms with Crippen LogP contribution in [0.1, 0.15) is 37.0 Å². The van der Waals surface area contributed by atoms with E-state index in [4.69, 9.17) is 4.74 Å². The number of rotatable bonds is 7. The molecule has 1 N–H and O–H groups in total. The van der Waals surface area contributed by atoms with E-state index in [1.54, 1.807) is 6.33 Å². The van der Waals surface area contributed by atoms with Crippen molar-refractivity contribution in [1.82, 2.24) is 25.1 Å². The number of hydrogen-bond donors (Lipinski definition) is 1. The maximum absolute atomic E-state index is 5.91. The molecule has 21 heavy (non-hydrogen) atoms. The number of ether oxygens (including phenoxy) is 1. The summed E-state index contributed by atoms with van der Waals surface area (Å²) < 4.78 is 7.74. The van der Waals surface area contributed by atoms with Gasteiger partial charge in [-0.15, -0.1) is 0 Å². The maximum atomic E-state index is 5.91. The maximum Gasteiger partial charge on any atom is 0.164 e. The van der Waals surface area contributed by atoms with Crippen molar-refractivity contribution in [3.63, 3.8) is 0 Å². The highest BCUT2D eigenvalue weighted by atomic mass is 16.5. The molecular weight excluding hydrogens is 266 g/mol. The summed E-state index contributed by atoms with van der Waals surface area (Å²) in [5, 5.41) is 7.63. The van der Waals surface area contributed by atoms with Crippen LogP contribution in [0, 0.1) is 6.92 Å². The molecule has 0 unspecified atom stereocenters. The van der Waals surface area contributed by atoms with Crippen molar-refractivity contribution in [2.75, 3.05) is 0 Å². The minimum absolute atomic E-state index is 0.412. The largest absolute Gasteiger partial charge is 0.484 e. The van der Waals surface area contributed by atoms with Gasteiger partial charge in [-0.2, -0.15) is 5.10 Å². The number of nitrogens with one attached hydrogen (secondary N) is 1. The van der Waals surface area contributed by atoms with Gasteiger partial charge in [0.2, 0.25) is 0 Å². The Hall–Kier alpha value is -1.95.